The Morgan fingerprint density at radius 1 is 1.50 bits per heavy atom. The van der Waals surface area contributed by atoms with Crippen molar-refractivity contribution >= 4 is 15.9 Å². The summed E-state index contributed by atoms with van der Waals surface area (Å²) in [6.07, 6.45) is 3.89. The Hall–Kier alpha value is 0.440. The fourth-order valence-corrected chi connectivity index (χ4v) is 1.64. The van der Waals surface area contributed by atoms with Crippen LogP contribution in [0.3, 0.4) is 0 Å². The average Bonchev–Trinajstić information content (AvgIpc) is 1.87. The maximum atomic E-state index is 5.21. The average molecular weight is 207 g/mol. The van der Waals surface area contributed by atoms with Gasteiger partial charge >= 0.3 is 0 Å². The van der Waals surface area contributed by atoms with Crippen molar-refractivity contribution in [1.82, 2.24) is 0 Å². The normalized spacial score (nSPS) is 22.2. The van der Waals surface area contributed by atoms with E-state index in [1.807, 2.05) is 0 Å². The van der Waals surface area contributed by atoms with Crippen LogP contribution in [0.25, 0.3) is 0 Å². The highest BCUT2D eigenvalue weighted by molar-refractivity contribution is 9.09. The molecule has 0 unspecified atom stereocenters. The summed E-state index contributed by atoms with van der Waals surface area (Å²) in [4.78, 5) is 0. The van der Waals surface area contributed by atoms with Crippen molar-refractivity contribution in [3.63, 3.8) is 0 Å². The minimum atomic E-state index is 0.563. The van der Waals surface area contributed by atoms with E-state index in [0.717, 1.165) is 18.5 Å². The minimum Gasteiger partial charge on any atom is -0.380 e. The maximum Gasteiger partial charge on any atom is 0.0544 e. The molecule has 1 heterocycles. The van der Waals surface area contributed by atoms with E-state index in [-0.39, 0.29) is 0 Å². The zero-order valence-electron chi connectivity index (χ0n) is 6.53. The number of hydrogen-bond acceptors (Lipinski definition) is 1. The van der Waals surface area contributed by atoms with Gasteiger partial charge in [-0.05, 0) is 19.3 Å². The lowest BCUT2D eigenvalue weighted by atomic mass is 9.79. The van der Waals surface area contributed by atoms with Gasteiger partial charge in [0.25, 0.3) is 0 Å². The number of rotatable bonds is 4. The molecule has 0 aromatic carbocycles. The van der Waals surface area contributed by atoms with Crippen LogP contribution in [0.1, 0.15) is 26.2 Å². The zero-order valence-corrected chi connectivity index (χ0v) is 8.11. The van der Waals surface area contributed by atoms with Crippen molar-refractivity contribution in [2.75, 3.05) is 18.5 Å². The third-order valence-electron chi connectivity index (χ3n) is 2.41. The highest BCUT2D eigenvalue weighted by atomic mass is 79.9. The van der Waals surface area contributed by atoms with Gasteiger partial charge in [-0.25, -0.2) is 0 Å². The van der Waals surface area contributed by atoms with Crippen LogP contribution in [0.4, 0.5) is 0 Å². The van der Waals surface area contributed by atoms with Gasteiger partial charge in [-0.1, -0.05) is 22.9 Å². The Bertz CT molecular complexity index is 93.9. The molecule has 0 amide bonds. The molecule has 1 aliphatic rings. The smallest absolute Gasteiger partial charge is 0.0544 e. The molecule has 0 N–H and O–H groups in total. The maximum absolute atomic E-state index is 5.21. The SMILES string of the molecule is CCC1(CCCBr)COC1. The van der Waals surface area contributed by atoms with E-state index in [2.05, 4.69) is 22.9 Å². The molecule has 1 fully saturated rings. The highest BCUT2D eigenvalue weighted by Gasteiger charge is 2.35. The van der Waals surface area contributed by atoms with Crippen LogP contribution >= 0.6 is 15.9 Å². The minimum absolute atomic E-state index is 0.563. The van der Waals surface area contributed by atoms with E-state index in [0.29, 0.717) is 5.41 Å². The summed E-state index contributed by atoms with van der Waals surface area (Å²) in [6, 6.07) is 0. The third-order valence-corrected chi connectivity index (χ3v) is 2.97. The third kappa shape index (κ3) is 1.73. The summed E-state index contributed by atoms with van der Waals surface area (Å²) in [5.74, 6) is 0. The lowest BCUT2D eigenvalue weighted by molar-refractivity contribution is -0.119. The van der Waals surface area contributed by atoms with Crippen LogP contribution in [0.15, 0.2) is 0 Å². The number of ether oxygens (including phenoxy) is 1. The summed E-state index contributed by atoms with van der Waals surface area (Å²) >= 11 is 3.44. The predicted molar refractivity (Wildman–Crippen MR) is 46.6 cm³/mol. The Kier molecular flexibility index (Phi) is 3.18. The van der Waals surface area contributed by atoms with E-state index in [4.69, 9.17) is 4.74 Å². The van der Waals surface area contributed by atoms with Gasteiger partial charge in [0.1, 0.15) is 0 Å². The molecule has 0 bridgehead atoms. The molecule has 1 saturated heterocycles. The Labute approximate surface area is 71.3 Å². The first-order valence-electron chi connectivity index (χ1n) is 3.97. The van der Waals surface area contributed by atoms with Crippen LogP contribution in [0, 0.1) is 5.41 Å². The van der Waals surface area contributed by atoms with Crippen molar-refractivity contribution in [1.29, 1.82) is 0 Å². The van der Waals surface area contributed by atoms with Gasteiger partial charge in [0, 0.05) is 10.7 Å². The van der Waals surface area contributed by atoms with Crippen molar-refractivity contribution in [2.45, 2.75) is 26.2 Å². The first kappa shape index (κ1) is 8.54. The van der Waals surface area contributed by atoms with E-state index in [9.17, 15) is 0 Å². The van der Waals surface area contributed by atoms with Crippen molar-refractivity contribution in [2.24, 2.45) is 5.41 Å². The fourth-order valence-electron chi connectivity index (χ4n) is 1.36. The molecule has 0 aromatic heterocycles. The first-order chi connectivity index (χ1) is 4.83. The van der Waals surface area contributed by atoms with E-state index < -0.39 is 0 Å². The summed E-state index contributed by atoms with van der Waals surface area (Å²) in [5.41, 5.74) is 0.563. The van der Waals surface area contributed by atoms with Crippen LogP contribution in [-0.4, -0.2) is 18.5 Å². The molecule has 1 aliphatic heterocycles. The van der Waals surface area contributed by atoms with Crippen LogP contribution in [-0.2, 0) is 4.74 Å². The first-order valence-corrected chi connectivity index (χ1v) is 5.09. The molecule has 0 atom stereocenters. The van der Waals surface area contributed by atoms with Gasteiger partial charge in [0.15, 0.2) is 0 Å². The van der Waals surface area contributed by atoms with E-state index in [1.165, 1.54) is 19.3 Å². The largest absolute Gasteiger partial charge is 0.380 e. The van der Waals surface area contributed by atoms with Crippen LogP contribution < -0.4 is 0 Å². The van der Waals surface area contributed by atoms with Crippen LogP contribution in [0.5, 0.6) is 0 Å². The highest BCUT2D eigenvalue weighted by Crippen LogP contribution is 2.35. The second kappa shape index (κ2) is 3.72. The van der Waals surface area contributed by atoms with Gasteiger partial charge in [-0.15, -0.1) is 0 Å². The van der Waals surface area contributed by atoms with Gasteiger partial charge in [0.05, 0.1) is 13.2 Å². The lowest BCUT2D eigenvalue weighted by Crippen LogP contribution is -2.41. The van der Waals surface area contributed by atoms with Gasteiger partial charge in [-0.3, -0.25) is 0 Å². The zero-order chi connectivity index (χ0) is 7.45. The quantitative estimate of drug-likeness (QED) is 0.644. The lowest BCUT2D eigenvalue weighted by Gasteiger charge is -2.40. The molecule has 10 heavy (non-hydrogen) atoms. The number of hydrogen-bond donors (Lipinski definition) is 0. The molecule has 0 aliphatic carbocycles. The summed E-state index contributed by atoms with van der Waals surface area (Å²) in [6.45, 7) is 4.25. The summed E-state index contributed by atoms with van der Waals surface area (Å²) in [7, 11) is 0. The molecule has 1 nitrogen and oxygen atoms in total. The molecule has 2 heteroatoms. The molecule has 1 rings (SSSR count). The summed E-state index contributed by atoms with van der Waals surface area (Å²) < 4.78 is 5.21. The standard InChI is InChI=1S/C8H15BrO/c1-2-8(4-3-5-9)6-10-7-8/h2-7H2,1H3. The van der Waals surface area contributed by atoms with Gasteiger partial charge in [0.2, 0.25) is 0 Å². The Morgan fingerprint density at radius 2 is 2.20 bits per heavy atom. The molecule has 0 radical (unpaired) electrons. The second-order valence-electron chi connectivity index (χ2n) is 3.14. The Morgan fingerprint density at radius 3 is 2.50 bits per heavy atom. The van der Waals surface area contributed by atoms with Gasteiger partial charge in [-0.2, -0.15) is 0 Å². The molecule has 60 valence electrons. The topological polar surface area (TPSA) is 9.23 Å². The van der Waals surface area contributed by atoms with Gasteiger partial charge < -0.3 is 4.74 Å². The predicted octanol–water partition coefficient (Wildman–Crippen LogP) is 2.59. The molecule has 0 saturated carbocycles. The number of alkyl halides is 1. The Balaban J connectivity index is 2.20. The monoisotopic (exact) mass is 206 g/mol. The van der Waals surface area contributed by atoms with Crippen molar-refractivity contribution < 1.29 is 4.74 Å². The molecular formula is C8H15BrO. The number of halogens is 1. The molecule has 0 aromatic rings. The molecule has 0 spiro atoms. The molecular weight excluding hydrogens is 192 g/mol. The van der Waals surface area contributed by atoms with Crippen LogP contribution in [0.2, 0.25) is 0 Å². The second-order valence-corrected chi connectivity index (χ2v) is 3.93. The van der Waals surface area contributed by atoms with E-state index >= 15 is 0 Å². The fraction of sp³-hybridized carbons (Fsp3) is 1.00. The van der Waals surface area contributed by atoms with Crippen molar-refractivity contribution in [3.05, 3.63) is 0 Å². The van der Waals surface area contributed by atoms with E-state index in [1.54, 1.807) is 0 Å². The van der Waals surface area contributed by atoms with Crippen molar-refractivity contribution in [3.8, 4) is 0 Å². The summed E-state index contributed by atoms with van der Waals surface area (Å²) in [5, 5.41) is 1.13.